The summed E-state index contributed by atoms with van der Waals surface area (Å²) in [5.74, 6) is 0.590. The minimum absolute atomic E-state index is 0.274. The van der Waals surface area contributed by atoms with Crippen molar-refractivity contribution in [3.05, 3.63) is 0 Å². The standard InChI is InChI=1S/C13H26O2Si/c1-12(2,3)16(4,5)15-11-7-6-10-8-13(10,14)9-11/h10-11,14H,6-9H2,1-5H3. The Hall–Kier alpha value is 0.137. The molecular formula is C13H26O2Si. The van der Waals surface area contributed by atoms with E-state index in [4.69, 9.17) is 4.43 Å². The van der Waals surface area contributed by atoms with Crippen LogP contribution in [0.15, 0.2) is 0 Å². The number of fused-ring (bicyclic) bond motifs is 1. The van der Waals surface area contributed by atoms with E-state index in [0.29, 0.717) is 12.0 Å². The molecule has 2 fully saturated rings. The van der Waals surface area contributed by atoms with Crippen molar-refractivity contribution in [2.45, 2.75) is 76.3 Å². The lowest BCUT2D eigenvalue weighted by Crippen LogP contribution is -2.45. The van der Waals surface area contributed by atoms with E-state index in [1.54, 1.807) is 0 Å². The van der Waals surface area contributed by atoms with Crippen LogP contribution in [0.3, 0.4) is 0 Å². The van der Waals surface area contributed by atoms with Gasteiger partial charge in [0.25, 0.3) is 0 Å². The minimum atomic E-state index is -1.65. The van der Waals surface area contributed by atoms with Gasteiger partial charge in [-0.1, -0.05) is 20.8 Å². The van der Waals surface area contributed by atoms with Crippen LogP contribution in [-0.4, -0.2) is 25.1 Å². The van der Waals surface area contributed by atoms with Gasteiger partial charge in [-0.3, -0.25) is 0 Å². The zero-order chi connectivity index (χ0) is 12.2. The van der Waals surface area contributed by atoms with Crippen LogP contribution in [0.4, 0.5) is 0 Å². The Morgan fingerprint density at radius 2 is 1.81 bits per heavy atom. The van der Waals surface area contributed by atoms with E-state index in [2.05, 4.69) is 33.9 Å². The minimum Gasteiger partial charge on any atom is -0.414 e. The van der Waals surface area contributed by atoms with Gasteiger partial charge in [0, 0.05) is 12.5 Å². The van der Waals surface area contributed by atoms with Crippen molar-refractivity contribution in [2.24, 2.45) is 5.92 Å². The molecule has 0 spiro atoms. The average Bonchev–Trinajstić information content (AvgIpc) is 2.72. The first-order chi connectivity index (χ1) is 7.14. The molecule has 94 valence electrons. The molecule has 0 amide bonds. The Morgan fingerprint density at radius 1 is 1.19 bits per heavy atom. The van der Waals surface area contributed by atoms with E-state index in [-0.39, 0.29) is 10.6 Å². The quantitative estimate of drug-likeness (QED) is 0.753. The van der Waals surface area contributed by atoms with Crippen LogP contribution in [0.2, 0.25) is 18.1 Å². The van der Waals surface area contributed by atoms with Crippen LogP contribution >= 0.6 is 0 Å². The fourth-order valence-electron chi connectivity index (χ4n) is 2.57. The maximum Gasteiger partial charge on any atom is 0.192 e. The van der Waals surface area contributed by atoms with Crippen LogP contribution in [-0.2, 0) is 4.43 Å². The molecule has 0 aromatic heterocycles. The van der Waals surface area contributed by atoms with E-state index in [9.17, 15) is 5.11 Å². The van der Waals surface area contributed by atoms with E-state index >= 15 is 0 Å². The molecule has 2 rings (SSSR count). The first-order valence-electron chi connectivity index (χ1n) is 6.54. The highest BCUT2D eigenvalue weighted by Crippen LogP contribution is 2.54. The summed E-state index contributed by atoms with van der Waals surface area (Å²) >= 11 is 0. The van der Waals surface area contributed by atoms with Crippen LogP contribution in [0.25, 0.3) is 0 Å². The van der Waals surface area contributed by atoms with Crippen molar-refractivity contribution < 1.29 is 9.53 Å². The monoisotopic (exact) mass is 242 g/mol. The molecule has 0 radical (unpaired) electrons. The van der Waals surface area contributed by atoms with Gasteiger partial charge in [-0.2, -0.15) is 0 Å². The summed E-state index contributed by atoms with van der Waals surface area (Å²) in [6.45, 7) is 11.4. The zero-order valence-electron chi connectivity index (χ0n) is 11.3. The largest absolute Gasteiger partial charge is 0.414 e. The van der Waals surface area contributed by atoms with Crippen LogP contribution in [0.1, 0.15) is 46.5 Å². The highest BCUT2D eigenvalue weighted by molar-refractivity contribution is 6.74. The normalized spacial score (nSPS) is 39.4. The second-order valence-electron chi connectivity index (χ2n) is 7.29. The summed E-state index contributed by atoms with van der Waals surface area (Å²) < 4.78 is 6.38. The molecule has 3 atom stereocenters. The smallest absolute Gasteiger partial charge is 0.192 e. The number of rotatable bonds is 2. The highest BCUT2D eigenvalue weighted by atomic mass is 28.4. The molecule has 0 heterocycles. The Kier molecular flexibility index (Phi) is 2.80. The average molecular weight is 242 g/mol. The highest BCUT2D eigenvalue weighted by Gasteiger charge is 2.57. The van der Waals surface area contributed by atoms with Crippen LogP contribution in [0, 0.1) is 5.92 Å². The lowest BCUT2D eigenvalue weighted by Gasteiger charge is -2.41. The molecule has 0 aliphatic heterocycles. The third kappa shape index (κ3) is 2.22. The maximum atomic E-state index is 10.2. The SMILES string of the molecule is CC(C)(C)[Si](C)(C)OC1CCC2CC2(O)C1. The molecule has 2 aliphatic carbocycles. The second-order valence-corrected chi connectivity index (χ2v) is 12.0. The fraction of sp³-hybridized carbons (Fsp3) is 1.00. The van der Waals surface area contributed by atoms with Crippen LogP contribution in [0.5, 0.6) is 0 Å². The predicted octanol–water partition coefficient (Wildman–Crippen LogP) is 3.31. The van der Waals surface area contributed by atoms with Crippen molar-refractivity contribution in [3.8, 4) is 0 Å². The number of hydrogen-bond acceptors (Lipinski definition) is 2. The number of hydrogen-bond donors (Lipinski definition) is 1. The lowest BCUT2D eigenvalue weighted by atomic mass is 9.95. The molecule has 3 unspecified atom stereocenters. The van der Waals surface area contributed by atoms with Gasteiger partial charge in [-0.25, -0.2) is 0 Å². The summed E-state index contributed by atoms with van der Waals surface area (Å²) in [6.07, 6.45) is 4.52. The Bertz CT molecular complexity index is 282. The summed E-state index contributed by atoms with van der Waals surface area (Å²) in [7, 11) is -1.65. The maximum absolute atomic E-state index is 10.2. The Labute approximate surface area is 101 Å². The van der Waals surface area contributed by atoms with E-state index in [1.807, 2.05) is 0 Å². The molecule has 16 heavy (non-hydrogen) atoms. The summed E-state index contributed by atoms with van der Waals surface area (Å²) in [4.78, 5) is 0. The molecule has 0 bridgehead atoms. The van der Waals surface area contributed by atoms with Crippen LogP contribution < -0.4 is 0 Å². The van der Waals surface area contributed by atoms with Gasteiger partial charge in [0.2, 0.25) is 0 Å². The molecule has 0 aromatic carbocycles. The second kappa shape index (κ2) is 3.56. The van der Waals surface area contributed by atoms with Gasteiger partial charge in [0.05, 0.1) is 5.60 Å². The fourth-order valence-corrected chi connectivity index (χ4v) is 3.95. The molecule has 0 saturated heterocycles. The third-order valence-electron chi connectivity index (χ3n) is 4.89. The molecule has 2 nitrogen and oxygen atoms in total. The van der Waals surface area contributed by atoms with Crippen molar-refractivity contribution >= 4 is 8.32 Å². The van der Waals surface area contributed by atoms with Crippen molar-refractivity contribution in [1.82, 2.24) is 0 Å². The van der Waals surface area contributed by atoms with Gasteiger partial charge in [-0.05, 0) is 43.3 Å². The topological polar surface area (TPSA) is 29.5 Å². The van der Waals surface area contributed by atoms with Gasteiger partial charge in [-0.15, -0.1) is 0 Å². The summed E-state index contributed by atoms with van der Waals surface area (Å²) in [5, 5.41) is 10.4. The molecule has 3 heteroatoms. The van der Waals surface area contributed by atoms with E-state index in [1.165, 1.54) is 0 Å². The van der Waals surface area contributed by atoms with Gasteiger partial charge in [0.15, 0.2) is 8.32 Å². The van der Waals surface area contributed by atoms with E-state index in [0.717, 1.165) is 25.7 Å². The lowest BCUT2D eigenvalue weighted by molar-refractivity contribution is 0.0302. The predicted molar refractivity (Wildman–Crippen MR) is 69.0 cm³/mol. The third-order valence-corrected chi connectivity index (χ3v) is 9.42. The molecule has 2 saturated carbocycles. The molecule has 2 aliphatic rings. The molecule has 1 N–H and O–H groups in total. The van der Waals surface area contributed by atoms with Gasteiger partial charge in [0.1, 0.15) is 0 Å². The van der Waals surface area contributed by atoms with Gasteiger partial charge >= 0.3 is 0 Å². The van der Waals surface area contributed by atoms with Crippen molar-refractivity contribution in [3.63, 3.8) is 0 Å². The number of aliphatic hydroxyl groups is 1. The first kappa shape index (κ1) is 12.6. The summed E-state index contributed by atoms with van der Waals surface area (Å²) in [6, 6.07) is 0. The van der Waals surface area contributed by atoms with Gasteiger partial charge < -0.3 is 9.53 Å². The zero-order valence-corrected chi connectivity index (χ0v) is 12.3. The van der Waals surface area contributed by atoms with Crippen molar-refractivity contribution in [2.75, 3.05) is 0 Å². The first-order valence-corrected chi connectivity index (χ1v) is 9.45. The Morgan fingerprint density at radius 3 is 2.31 bits per heavy atom. The Balaban J connectivity index is 1.95. The molecule has 0 aromatic rings. The van der Waals surface area contributed by atoms with Crippen molar-refractivity contribution in [1.29, 1.82) is 0 Å². The molecular weight excluding hydrogens is 216 g/mol. The van der Waals surface area contributed by atoms with E-state index < -0.39 is 8.32 Å². The summed E-state index contributed by atoms with van der Waals surface area (Å²) in [5.41, 5.74) is -0.342.